The molecule has 1 aliphatic carbocycles. The first-order valence-corrected chi connectivity index (χ1v) is 7.79. The van der Waals surface area contributed by atoms with E-state index in [9.17, 15) is 10.1 Å². The third-order valence-corrected chi connectivity index (χ3v) is 4.49. The lowest BCUT2D eigenvalue weighted by Crippen LogP contribution is -2.40. The van der Waals surface area contributed by atoms with E-state index >= 15 is 0 Å². The van der Waals surface area contributed by atoms with Crippen molar-refractivity contribution in [1.29, 1.82) is 0 Å². The molecule has 0 aromatic heterocycles. The second-order valence-electron chi connectivity index (χ2n) is 6.12. The Hall–Kier alpha value is -1.66. The third kappa shape index (κ3) is 3.08. The fourth-order valence-electron chi connectivity index (χ4n) is 3.12. The Morgan fingerprint density at radius 3 is 2.73 bits per heavy atom. The lowest BCUT2D eigenvalue weighted by Gasteiger charge is -2.32. The number of piperidine rings is 1. The Labute approximate surface area is 129 Å². The summed E-state index contributed by atoms with van der Waals surface area (Å²) in [5.74, 6) is 0.648. The molecular formula is C16H22N2O4. The summed E-state index contributed by atoms with van der Waals surface area (Å²) in [7, 11) is 1.72. The Morgan fingerprint density at radius 2 is 2.09 bits per heavy atom. The number of nitro benzene ring substituents is 1. The minimum Gasteiger partial charge on any atom is -0.483 e. The van der Waals surface area contributed by atoms with Crippen molar-refractivity contribution >= 4 is 5.69 Å². The second-order valence-corrected chi connectivity index (χ2v) is 6.12. The van der Waals surface area contributed by atoms with Gasteiger partial charge in [-0.3, -0.25) is 10.1 Å². The number of aryl methyl sites for hydroxylation is 1. The minimum absolute atomic E-state index is 0.0658. The Morgan fingerprint density at radius 1 is 1.32 bits per heavy atom. The fourth-order valence-corrected chi connectivity index (χ4v) is 3.12. The van der Waals surface area contributed by atoms with Crippen molar-refractivity contribution in [2.75, 3.05) is 20.2 Å². The van der Waals surface area contributed by atoms with Gasteiger partial charge in [0.25, 0.3) is 0 Å². The zero-order valence-corrected chi connectivity index (χ0v) is 13.0. The average Bonchev–Trinajstić information content (AvgIpc) is 3.32. The zero-order chi connectivity index (χ0) is 15.7. The topological polar surface area (TPSA) is 73.6 Å². The molecule has 1 saturated carbocycles. The molecule has 2 unspecified atom stereocenters. The molecule has 1 heterocycles. The van der Waals surface area contributed by atoms with Gasteiger partial charge in [-0.05, 0) is 49.9 Å². The molecule has 120 valence electrons. The molecule has 1 aromatic rings. The maximum absolute atomic E-state index is 11.3. The van der Waals surface area contributed by atoms with E-state index in [2.05, 4.69) is 5.32 Å². The molecule has 2 aliphatic rings. The molecule has 1 aromatic carbocycles. The van der Waals surface area contributed by atoms with Gasteiger partial charge in [-0.15, -0.1) is 0 Å². The van der Waals surface area contributed by atoms with Crippen LogP contribution < -0.4 is 10.1 Å². The van der Waals surface area contributed by atoms with Crippen molar-refractivity contribution in [3.63, 3.8) is 0 Å². The number of rotatable bonds is 5. The van der Waals surface area contributed by atoms with Crippen LogP contribution in [0.2, 0.25) is 0 Å². The Balaban J connectivity index is 1.97. The summed E-state index contributed by atoms with van der Waals surface area (Å²) >= 11 is 0. The molecule has 6 heteroatoms. The number of ether oxygens (including phenoxy) is 2. The summed E-state index contributed by atoms with van der Waals surface area (Å²) in [4.78, 5) is 10.9. The lowest BCUT2D eigenvalue weighted by molar-refractivity contribution is -0.386. The maximum Gasteiger partial charge on any atom is 0.311 e. The van der Waals surface area contributed by atoms with Gasteiger partial charge in [-0.2, -0.15) is 0 Å². The van der Waals surface area contributed by atoms with Crippen molar-refractivity contribution in [3.05, 3.63) is 33.4 Å². The molecule has 1 aliphatic heterocycles. The molecule has 1 saturated heterocycles. The molecule has 6 nitrogen and oxygen atoms in total. The highest BCUT2D eigenvalue weighted by molar-refractivity contribution is 5.53. The van der Waals surface area contributed by atoms with Crippen molar-refractivity contribution in [2.24, 2.45) is 0 Å². The van der Waals surface area contributed by atoms with Crippen LogP contribution in [0.3, 0.4) is 0 Å². The fraction of sp³-hybridized carbons (Fsp3) is 0.625. The number of benzene rings is 1. The molecule has 2 atom stereocenters. The smallest absolute Gasteiger partial charge is 0.311 e. The van der Waals surface area contributed by atoms with Crippen molar-refractivity contribution in [1.82, 2.24) is 5.32 Å². The van der Waals surface area contributed by atoms with Crippen LogP contribution >= 0.6 is 0 Å². The van der Waals surface area contributed by atoms with E-state index < -0.39 is 0 Å². The predicted molar refractivity (Wildman–Crippen MR) is 82.5 cm³/mol. The molecule has 1 N–H and O–H groups in total. The van der Waals surface area contributed by atoms with Crippen LogP contribution in [0.4, 0.5) is 5.69 Å². The number of hydrogen-bond donors (Lipinski definition) is 1. The number of nitro groups is 1. The first-order chi connectivity index (χ1) is 10.6. The lowest BCUT2D eigenvalue weighted by atomic mass is 9.85. The van der Waals surface area contributed by atoms with E-state index in [-0.39, 0.29) is 28.7 Å². The SMILES string of the molecule is COC1CNCCC1c1cc(OC2CC2)c([N+](=O)[O-])cc1C. The molecule has 0 radical (unpaired) electrons. The van der Waals surface area contributed by atoms with Gasteiger partial charge >= 0.3 is 5.69 Å². The van der Waals surface area contributed by atoms with Gasteiger partial charge in [0.15, 0.2) is 5.75 Å². The first-order valence-electron chi connectivity index (χ1n) is 7.79. The van der Waals surface area contributed by atoms with Crippen LogP contribution in [0, 0.1) is 17.0 Å². The summed E-state index contributed by atoms with van der Waals surface area (Å²) in [5.41, 5.74) is 2.11. The minimum atomic E-state index is -0.356. The van der Waals surface area contributed by atoms with Gasteiger partial charge in [-0.25, -0.2) is 0 Å². The maximum atomic E-state index is 11.3. The quantitative estimate of drug-likeness (QED) is 0.668. The summed E-state index contributed by atoms with van der Waals surface area (Å²) in [6.45, 7) is 3.66. The highest BCUT2D eigenvalue weighted by Crippen LogP contribution is 2.39. The molecule has 22 heavy (non-hydrogen) atoms. The standard InChI is InChI=1S/C16H22N2O4/c1-10-7-14(18(19)20)15(22-11-3-4-11)8-13(10)12-5-6-17-9-16(12)21-2/h7-8,11-12,16-17H,3-6,9H2,1-2H3. The van der Waals surface area contributed by atoms with Crippen LogP contribution in [0.15, 0.2) is 12.1 Å². The van der Waals surface area contributed by atoms with Gasteiger partial charge in [0.2, 0.25) is 0 Å². The first kappa shape index (κ1) is 15.2. The van der Waals surface area contributed by atoms with Crippen molar-refractivity contribution in [2.45, 2.75) is 44.3 Å². The third-order valence-electron chi connectivity index (χ3n) is 4.49. The van der Waals surface area contributed by atoms with Crippen LogP contribution in [0.25, 0.3) is 0 Å². The van der Waals surface area contributed by atoms with E-state index in [0.717, 1.165) is 43.5 Å². The van der Waals surface area contributed by atoms with Crippen LogP contribution in [0.1, 0.15) is 36.3 Å². The summed E-state index contributed by atoms with van der Waals surface area (Å²) in [6, 6.07) is 3.51. The van der Waals surface area contributed by atoms with Crippen molar-refractivity contribution in [3.8, 4) is 5.75 Å². The molecule has 0 spiro atoms. The van der Waals surface area contributed by atoms with Crippen LogP contribution in [0.5, 0.6) is 5.75 Å². The van der Waals surface area contributed by atoms with Crippen LogP contribution in [-0.2, 0) is 4.74 Å². The molecule has 0 amide bonds. The molecule has 2 fully saturated rings. The van der Waals surface area contributed by atoms with Gasteiger partial charge in [0.05, 0.1) is 17.1 Å². The van der Waals surface area contributed by atoms with E-state index in [1.807, 2.05) is 13.0 Å². The number of nitrogens with one attached hydrogen (secondary N) is 1. The molecular weight excluding hydrogens is 284 g/mol. The normalized spacial score (nSPS) is 25.0. The Bertz CT molecular complexity index is 572. The van der Waals surface area contributed by atoms with E-state index in [0.29, 0.717) is 5.75 Å². The van der Waals surface area contributed by atoms with E-state index in [1.54, 1.807) is 13.2 Å². The van der Waals surface area contributed by atoms with Gasteiger partial charge < -0.3 is 14.8 Å². The number of nitrogens with zero attached hydrogens (tertiary/aromatic N) is 1. The highest BCUT2D eigenvalue weighted by atomic mass is 16.6. The zero-order valence-electron chi connectivity index (χ0n) is 13.0. The largest absolute Gasteiger partial charge is 0.483 e. The number of methoxy groups -OCH3 is 1. The average molecular weight is 306 g/mol. The van der Waals surface area contributed by atoms with Gasteiger partial charge in [0.1, 0.15) is 0 Å². The Kier molecular flexibility index (Phi) is 4.31. The molecule has 0 bridgehead atoms. The summed E-state index contributed by atoms with van der Waals surface area (Å²) in [5, 5.41) is 14.6. The predicted octanol–water partition coefficient (Wildman–Crippen LogP) is 2.54. The van der Waals surface area contributed by atoms with E-state index in [1.165, 1.54) is 0 Å². The van der Waals surface area contributed by atoms with Gasteiger partial charge in [-0.1, -0.05) is 0 Å². The molecule has 3 rings (SSSR count). The van der Waals surface area contributed by atoms with E-state index in [4.69, 9.17) is 9.47 Å². The summed E-state index contributed by atoms with van der Waals surface area (Å²) in [6.07, 6.45) is 3.14. The highest BCUT2D eigenvalue weighted by Gasteiger charge is 2.32. The van der Waals surface area contributed by atoms with Gasteiger partial charge in [0, 0.05) is 25.6 Å². The summed E-state index contributed by atoms with van der Waals surface area (Å²) < 4.78 is 11.4. The van der Waals surface area contributed by atoms with Crippen molar-refractivity contribution < 1.29 is 14.4 Å². The number of hydrogen-bond acceptors (Lipinski definition) is 5. The second kappa shape index (κ2) is 6.22. The monoisotopic (exact) mass is 306 g/mol. The van der Waals surface area contributed by atoms with Crippen LogP contribution in [-0.4, -0.2) is 37.3 Å².